The van der Waals surface area contributed by atoms with Gasteiger partial charge < -0.3 is 15.3 Å². The fraction of sp³-hybridized carbons (Fsp3) is 1.00. The maximum absolute atomic E-state index is 10.1. The molecular weight excluding hydrogens is 186 g/mol. The molecule has 5 unspecified atom stereocenters. The molecule has 0 rings (SSSR count). The molecule has 0 saturated carbocycles. The van der Waals surface area contributed by atoms with Gasteiger partial charge in [0.15, 0.2) is 0 Å². The second kappa shape index (κ2) is 6.06. The highest BCUT2D eigenvalue weighted by molar-refractivity contribution is 4.84. The van der Waals surface area contributed by atoms with Gasteiger partial charge in [0.2, 0.25) is 0 Å². The molecule has 0 aliphatic carbocycles. The zero-order chi connectivity index (χ0) is 11.3. The minimum absolute atomic E-state index is 0.126. The Morgan fingerprint density at radius 3 is 1.93 bits per heavy atom. The Labute approximate surface area is 83.7 Å². The van der Waals surface area contributed by atoms with Crippen molar-refractivity contribution in [2.75, 3.05) is 0 Å². The number of aliphatic hydroxyl groups excluding tert-OH is 3. The molecule has 5 atom stereocenters. The van der Waals surface area contributed by atoms with Crippen LogP contribution in [0, 0.1) is 10.8 Å². The van der Waals surface area contributed by atoms with Crippen LogP contribution in [0.2, 0.25) is 0 Å². The van der Waals surface area contributed by atoms with Gasteiger partial charge in [-0.05, 0) is 12.8 Å². The van der Waals surface area contributed by atoms with E-state index in [4.69, 9.17) is 0 Å². The topological polar surface area (TPSA) is 90.1 Å². The van der Waals surface area contributed by atoms with Crippen LogP contribution < -0.4 is 0 Å². The smallest absolute Gasteiger partial charge is 0.118 e. The van der Waals surface area contributed by atoms with Gasteiger partial charge >= 0.3 is 0 Å². The summed E-state index contributed by atoms with van der Waals surface area (Å²) in [5, 5.41) is 31.0. The summed E-state index contributed by atoms with van der Waals surface area (Å²) in [6.45, 7) is 5.03. The van der Waals surface area contributed by atoms with Crippen LogP contribution >= 0.6 is 0 Å². The van der Waals surface area contributed by atoms with Crippen LogP contribution in [0.4, 0.5) is 0 Å². The highest BCUT2D eigenvalue weighted by Crippen LogP contribution is 2.16. The Morgan fingerprint density at radius 1 is 1.07 bits per heavy atom. The van der Waals surface area contributed by atoms with Gasteiger partial charge in [-0.15, -0.1) is 0 Å². The Morgan fingerprint density at radius 2 is 1.57 bits per heavy atom. The highest BCUT2D eigenvalue weighted by atomic mass is 16.4. The van der Waals surface area contributed by atoms with Crippen molar-refractivity contribution >= 4 is 0 Å². The zero-order valence-electron chi connectivity index (χ0n) is 8.79. The molecule has 0 radical (unpaired) electrons. The number of hydrogen-bond acceptors (Lipinski definition) is 5. The van der Waals surface area contributed by atoms with Gasteiger partial charge in [-0.2, -0.15) is 4.91 Å². The summed E-state index contributed by atoms with van der Waals surface area (Å²) in [5.74, 6) is -0.126. The number of aliphatic hydroxyl groups is 3. The van der Waals surface area contributed by atoms with Crippen molar-refractivity contribution in [3.8, 4) is 0 Å². The lowest BCUT2D eigenvalue weighted by Gasteiger charge is -2.27. The summed E-state index contributed by atoms with van der Waals surface area (Å²) in [6, 6.07) is -0.913. The molecule has 0 saturated heterocycles. The van der Waals surface area contributed by atoms with Crippen LogP contribution in [0.1, 0.15) is 27.2 Å². The lowest BCUT2D eigenvalue weighted by atomic mass is 9.92. The normalized spacial score (nSPS) is 22.1. The first-order valence-electron chi connectivity index (χ1n) is 4.82. The molecule has 0 aromatic heterocycles. The van der Waals surface area contributed by atoms with Gasteiger partial charge in [-0.25, -0.2) is 0 Å². The van der Waals surface area contributed by atoms with Crippen molar-refractivity contribution in [3.05, 3.63) is 4.91 Å². The molecule has 0 aliphatic heterocycles. The second-order valence-corrected chi connectivity index (χ2v) is 3.70. The van der Waals surface area contributed by atoms with Crippen LogP contribution in [-0.2, 0) is 0 Å². The molecular formula is C9H19NO4. The first-order chi connectivity index (χ1) is 6.45. The fourth-order valence-corrected chi connectivity index (χ4v) is 1.13. The summed E-state index contributed by atoms with van der Waals surface area (Å²) >= 11 is 0. The summed E-state index contributed by atoms with van der Waals surface area (Å²) < 4.78 is 0. The molecule has 0 heterocycles. The first-order valence-corrected chi connectivity index (χ1v) is 4.82. The van der Waals surface area contributed by atoms with E-state index in [1.807, 2.05) is 6.92 Å². The minimum Gasteiger partial charge on any atom is -0.390 e. The Balaban J connectivity index is 4.29. The van der Waals surface area contributed by atoms with Gasteiger partial charge in [0.05, 0.1) is 6.10 Å². The van der Waals surface area contributed by atoms with Gasteiger partial charge in [-0.1, -0.05) is 25.4 Å². The Kier molecular flexibility index (Phi) is 5.83. The Bertz CT molecular complexity index is 176. The summed E-state index contributed by atoms with van der Waals surface area (Å²) in [5.41, 5.74) is 0. The van der Waals surface area contributed by atoms with Crippen LogP contribution in [0.3, 0.4) is 0 Å². The minimum atomic E-state index is -1.32. The summed E-state index contributed by atoms with van der Waals surface area (Å²) in [4.78, 5) is 10.1. The second-order valence-electron chi connectivity index (χ2n) is 3.70. The van der Waals surface area contributed by atoms with Crippen LogP contribution in [0.15, 0.2) is 5.18 Å². The van der Waals surface area contributed by atoms with Crippen LogP contribution in [0.25, 0.3) is 0 Å². The maximum Gasteiger partial charge on any atom is 0.118 e. The molecule has 0 aromatic carbocycles. The maximum atomic E-state index is 10.1. The van der Waals surface area contributed by atoms with Crippen molar-refractivity contribution in [2.45, 2.75) is 51.5 Å². The van der Waals surface area contributed by atoms with Crippen molar-refractivity contribution in [1.82, 2.24) is 0 Å². The van der Waals surface area contributed by atoms with Crippen molar-refractivity contribution in [2.24, 2.45) is 11.1 Å². The molecule has 0 aromatic rings. The van der Waals surface area contributed by atoms with E-state index in [1.165, 1.54) is 6.92 Å². The fourth-order valence-electron chi connectivity index (χ4n) is 1.13. The molecule has 0 amide bonds. The van der Waals surface area contributed by atoms with Gasteiger partial charge in [0.25, 0.3) is 0 Å². The molecule has 0 bridgehead atoms. The van der Waals surface area contributed by atoms with E-state index in [2.05, 4.69) is 5.18 Å². The summed E-state index contributed by atoms with van der Waals surface area (Å²) in [7, 11) is 0. The predicted molar refractivity (Wildman–Crippen MR) is 52.7 cm³/mol. The van der Waals surface area contributed by atoms with E-state index in [1.54, 1.807) is 6.92 Å². The lowest BCUT2D eigenvalue weighted by Crippen LogP contribution is -2.45. The summed E-state index contributed by atoms with van der Waals surface area (Å²) in [6.07, 6.45) is -2.97. The largest absolute Gasteiger partial charge is 0.390 e. The average molecular weight is 205 g/mol. The third-order valence-corrected chi connectivity index (χ3v) is 2.59. The molecule has 84 valence electrons. The molecule has 0 aliphatic rings. The molecule has 0 fully saturated rings. The van der Waals surface area contributed by atoms with Gasteiger partial charge in [0.1, 0.15) is 18.2 Å². The number of nitrogens with zero attached hydrogens (tertiary/aromatic N) is 1. The molecule has 5 nitrogen and oxygen atoms in total. The van der Waals surface area contributed by atoms with E-state index >= 15 is 0 Å². The van der Waals surface area contributed by atoms with Crippen molar-refractivity contribution in [3.63, 3.8) is 0 Å². The first kappa shape index (κ1) is 13.5. The lowest BCUT2D eigenvalue weighted by molar-refractivity contribution is -0.0840. The van der Waals surface area contributed by atoms with Crippen molar-refractivity contribution < 1.29 is 15.3 Å². The van der Waals surface area contributed by atoms with Gasteiger partial charge in [0, 0.05) is 0 Å². The monoisotopic (exact) mass is 205 g/mol. The zero-order valence-corrected chi connectivity index (χ0v) is 8.79. The number of nitroso groups, excluding NO2 is 1. The van der Waals surface area contributed by atoms with Crippen LogP contribution in [0.5, 0.6) is 0 Å². The predicted octanol–water partition coefficient (Wildman–Crippen LogP) is 0.270. The van der Waals surface area contributed by atoms with Crippen LogP contribution in [-0.4, -0.2) is 39.7 Å². The standard InChI is InChI=1S/C9H19NO4/c1-4-5(2)7(11)9(13)8(12)6(3)10-14/h5-9,11-13H,4H2,1-3H3. The SMILES string of the molecule is CCC(C)C(O)C(O)C(O)C(C)N=O. The third kappa shape index (κ3) is 3.32. The van der Waals surface area contributed by atoms with Gasteiger partial charge in [-0.3, -0.25) is 0 Å². The van der Waals surface area contributed by atoms with E-state index < -0.39 is 24.4 Å². The third-order valence-electron chi connectivity index (χ3n) is 2.59. The van der Waals surface area contributed by atoms with E-state index in [9.17, 15) is 20.2 Å². The number of hydrogen-bond donors (Lipinski definition) is 3. The quantitative estimate of drug-likeness (QED) is 0.543. The Hall–Kier alpha value is -0.520. The van der Waals surface area contributed by atoms with E-state index in [0.717, 1.165) is 0 Å². The van der Waals surface area contributed by atoms with E-state index in [0.29, 0.717) is 6.42 Å². The highest BCUT2D eigenvalue weighted by Gasteiger charge is 2.31. The average Bonchev–Trinajstić information content (AvgIpc) is 2.23. The molecule has 5 heteroatoms. The van der Waals surface area contributed by atoms with E-state index in [-0.39, 0.29) is 5.92 Å². The molecule has 0 spiro atoms. The molecule has 3 N–H and O–H groups in total. The van der Waals surface area contributed by atoms with Crippen molar-refractivity contribution in [1.29, 1.82) is 0 Å². The number of rotatable bonds is 6. The molecule has 14 heavy (non-hydrogen) atoms.